The molecule has 0 aliphatic rings. The Morgan fingerprint density at radius 2 is 1.19 bits per heavy atom. The van der Waals surface area contributed by atoms with Crippen molar-refractivity contribution in [1.82, 2.24) is 9.80 Å². The van der Waals surface area contributed by atoms with Gasteiger partial charge < -0.3 is 20.4 Å². The first-order chi connectivity index (χ1) is 12.7. The van der Waals surface area contributed by atoms with E-state index in [1.54, 1.807) is 0 Å². The van der Waals surface area contributed by atoms with Crippen LogP contribution in [-0.2, 0) is 19.2 Å². The number of aliphatic carboxylic acids is 4. The average Bonchev–Trinajstić information content (AvgIpc) is 2.50. The Labute approximate surface area is 131 Å². The van der Waals surface area contributed by atoms with E-state index in [-0.39, 0.29) is 0 Å². The molecular formula is C11H18N2O8. The van der Waals surface area contributed by atoms with Crippen LogP contribution in [0.5, 0.6) is 0 Å². The smallest absolute Gasteiger partial charge is 0.317 e. The SMILES string of the molecule is [2H]C([2H])(C(=O)O)N(C[C@@H](C)N(C([2H])([2H])C(=O)O)C([2H])([2H])C(=O)O)C([2H])([2H])C(=O)O. The molecule has 0 unspecified atom stereocenters. The van der Waals surface area contributed by atoms with Crippen LogP contribution in [0.3, 0.4) is 0 Å². The van der Waals surface area contributed by atoms with Crippen LogP contribution in [0, 0.1) is 0 Å². The normalized spacial score (nSPS) is 20.7. The van der Waals surface area contributed by atoms with Gasteiger partial charge in [0.05, 0.1) is 37.0 Å². The van der Waals surface area contributed by atoms with Gasteiger partial charge in [0.1, 0.15) is 0 Å². The van der Waals surface area contributed by atoms with Gasteiger partial charge in [-0.25, -0.2) is 0 Å². The van der Waals surface area contributed by atoms with Crippen LogP contribution >= 0.6 is 0 Å². The molecule has 10 heteroatoms. The molecule has 0 aromatic heterocycles. The van der Waals surface area contributed by atoms with Crippen molar-refractivity contribution in [2.24, 2.45) is 0 Å². The molecule has 0 fully saturated rings. The van der Waals surface area contributed by atoms with E-state index >= 15 is 0 Å². The van der Waals surface area contributed by atoms with Crippen LogP contribution in [0.15, 0.2) is 0 Å². The molecule has 0 aromatic rings. The lowest BCUT2D eigenvalue weighted by atomic mass is 10.2. The van der Waals surface area contributed by atoms with Gasteiger partial charge in [0.15, 0.2) is 0 Å². The van der Waals surface area contributed by atoms with Crippen molar-refractivity contribution in [3.8, 4) is 0 Å². The zero-order valence-electron chi connectivity index (χ0n) is 18.6. The van der Waals surface area contributed by atoms with Crippen molar-refractivity contribution in [2.75, 3.05) is 32.5 Å². The van der Waals surface area contributed by atoms with Gasteiger partial charge >= 0.3 is 23.9 Å². The summed E-state index contributed by atoms with van der Waals surface area (Å²) in [5, 5.41) is 36.0. The molecule has 0 heterocycles. The second-order valence-corrected chi connectivity index (χ2v) is 3.50. The topological polar surface area (TPSA) is 156 Å². The van der Waals surface area contributed by atoms with Gasteiger partial charge in [-0.15, -0.1) is 0 Å². The monoisotopic (exact) mass is 314 g/mol. The molecule has 120 valence electrons. The van der Waals surface area contributed by atoms with Crippen molar-refractivity contribution < 1.29 is 50.6 Å². The molecule has 10 nitrogen and oxygen atoms in total. The third kappa shape index (κ3) is 9.35. The van der Waals surface area contributed by atoms with Crippen LogP contribution in [0.2, 0.25) is 0 Å². The summed E-state index contributed by atoms with van der Waals surface area (Å²) in [7, 11) is 0. The Balaban J connectivity index is 6.54. The standard InChI is InChI=1S/C11H18N2O8/c1-7(13(5-10(18)19)6-11(20)21)2-12(3-8(14)15)4-9(16)17/h7H,2-6H2,1H3,(H,14,15)(H,16,17)(H,18,19)(H,20,21)/t7-/m1/s1/i3D2,4D2,5D2,6D2. The highest BCUT2D eigenvalue weighted by atomic mass is 16.4. The molecule has 1 atom stereocenters. The number of hydrogen-bond donors (Lipinski definition) is 4. The van der Waals surface area contributed by atoms with E-state index in [9.17, 15) is 19.2 Å². The first kappa shape index (κ1) is 8.95. The Bertz CT molecular complexity index is 648. The maximum Gasteiger partial charge on any atom is 0.317 e. The second kappa shape index (κ2) is 8.87. The summed E-state index contributed by atoms with van der Waals surface area (Å²) in [6.07, 6.45) is 0. The van der Waals surface area contributed by atoms with E-state index in [1.165, 1.54) is 0 Å². The van der Waals surface area contributed by atoms with Gasteiger partial charge in [-0.3, -0.25) is 29.0 Å². The maximum atomic E-state index is 11.2. The molecule has 4 N–H and O–H groups in total. The molecule has 0 saturated heterocycles. The minimum atomic E-state index is -3.75. The molecule has 0 aromatic carbocycles. The van der Waals surface area contributed by atoms with Gasteiger partial charge in [-0.2, -0.15) is 0 Å². The minimum absolute atomic E-state index is 0.409. The summed E-state index contributed by atoms with van der Waals surface area (Å²) in [5.41, 5.74) is 0. The van der Waals surface area contributed by atoms with Gasteiger partial charge in [0.2, 0.25) is 0 Å². The van der Waals surface area contributed by atoms with E-state index in [0.29, 0.717) is 0 Å². The summed E-state index contributed by atoms with van der Waals surface area (Å²) < 4.78 is 59.8. The Morgan fingerprint density at radius 3 is 1.48 bits per heavy atom. The van der Waals surface area contributed by atoms with Crippen molar-refractivity contribution in [1.29, 1.82) is 0 Å². The van der Waals surface area contributed by atoms with Crippen LogP contribution in [0.25, 0.3) is 0 Å². The van der Waals surface area contributed by atoms with Crippen molar-refractivity contribution in [3.05, 3.63) is 0 Å². The fourth-order valence-corrected chi connectivity index (χ4v) is 1.15. The number of hydrogen-bond acceptors (Lipinski definition) is 6. The maximum absolute atomic E-state index is 11.2. The fourth-order valence-electron chi connectivity index (χ4n) is 1.15. The lowest BCUT2D eigenvalue weighted by molar-refractivity contribution is -0.146. The second-order valence-electron chi connectivity index (χ2n) is 3.50. The van der Waals surface area contributed by atoms with Crippen molar-refractivity contribution in [2.45, 2.75) is 13.0 Å². The molecular weight excluding hydrogens is 288 g/mol. The molecule has 0 amide bonds. The summed E-state index contributed by atoms with van der Waals surface area (Å²) in [6, 6.07) is -2.06. The Hall–Kier alpha value is -2.20. The van der Waals surface area contributed by atoms with Gasteiger partial charge in [0.25, 0.3) is 0 Å². The van der Waals surface area contributed by atoms with Crippen LogP contribution in [-0.4, -0.2) is 92.7 Å². The van der Waals surface area contributed by atoms with E-state index in [2.05, 4.69) is 0 Å². The van der Waals surface area contributed by atoms with Crippen molar-refractivity contribution >= 4 is 23.9 Å². The molecule has 0 aliphatic carbocycles. The average molecular weight is 314 g/mol. The van der Waals surface area contributed by atoms with E-state index in [4.69, 9.17) is 31.4 Å². The fraction of sp³-hybridized carbons (Fsp3) is 0.636. The summed E-state index contributed by atoms with van der Waals surface area (Å²) in [4.78, 5) is 43.9. The number of carbonyl (C=O) groups is 4. The van der Waals surface area contributed by atoms with Gasteiger partial charge in [-0.05, 0) is 6.92 Å². The number of nitrogens with zero attached hydrogens (tertiary/aromatic N) is 2. The third-order valence-corrected chi connectivity index (χ3v) is 1.78. The molecule has 0 radical (unpaired) electrons. The Kier molecular flexibility index (Phi) is 3.78. The lowest BCUT2D eigenvalue weighted by Crippen LogP contribution is -2.48. The van der Waals surface area contributed by atoms with Crippen LogP contribution in [0.4, 0.5) is 0 Å². The molecule has 0 saturated carbocycles. The summed E-state index contributed by atoms with van der Waals surface area (Å²) in [5.74, 6) is -9.43. The number of carboxylic acids is 4. The molecule has 21 heavy (non-hydrogen) atoms. The number of carboxylic acid groups (broad SMARTS) is 4. The molecule has 0 spiro atoms. The first-order valence-corrected chi connectivity index (χ1v) is 5.17. The summed E-state index contributed by atoms with van der Waals surface area (Å²) in [6.45, 7) is -15.7. The first-order valence-electron chi connectivity index (χ1n) is 9.17. The highest BCUT2D eigenvalue weighted by molar-refractivity contribution is 5.73. The van der Waals surface area contributed by atoms with Crippen LogP contribution < -0.4 is 0 Å². The highest BCUT2D eigenvalue weighted by Gasteiger charge is 2.23. The van der Waals surface area contributed by atoms with Crippen LogP contribution in [0.1, 0.15) is 17.9 Å². The van der Waals surface area contributed by atoms with E-state index < -0.39 is 72.3 Å². The lowest BCUT2D eigenvalue weighted by Gasteiger charge is -2.30. The number of rotatable bonds is 11. The highest BCUT2D eigenvalue weighted by Crippen LogP contribution is 2.03. The van der Waals surface area contributed by atoms with Gasteiger partial charge in [-0.1, -0.05) is 0 Å². The van der Waals surface area contributed by atoms with E-state index in [0.717, 1.165) is 6.92 Å². The van der Waals surface area contributed by atoms with Gasteiger partial charge in [0, 0.05) is 12.6 Å². The predicted octanol–water partition coefficient (Wildman–Crippen LogP) is -1.68. The third-order valence-electron chi connectivity index (χ3n) is 1.78. The molecule has 0 bridgehead atoms. The predicted molar refractivity (Wildman–Crippen MR) is 68.0 cm³/mol. The largest absolute Gasteiger partial charge is 0.480 e. The Morgan fingerprint density at radius 1 is 0.857 bits per heavy atom. The summed E-state index contributed by atoms with van der Waals surface area (Å²) >= 11 is 0. The minimum Gasteiger partial charge on any atom is -0.480 e. The molecule has 0 rings (SSSR count). The zero-order valence-corrected chi connectivity index (χ0v) is 10.6. The zero-order chi connectivity index (χ0) is 23.7. The quantitative estimate of drug-likeness (QED) is 0.347. The van der Waals surface area contributed by atoms with Crippen molar-refractivity contribution in [3.63, 3.8) is 0 Å². The van der Waals surface area contributed by atoms with E-state index in [1.807, 2.05) is 0 Å². The molecule has 0 aliphatic heterocycles.